The van der Waals surface area contributed by atoms with E-state index in [4.69, 9.17) is 63.8 Å². The number of hydrogen-bond donors (Lipinski definition) is 20. The molecule has 4 aromatic carbocycles. The van der Waals surface area contributed by atoms with Gasteiger partial charge in [0, 0.05) is 55.3 Å². The van der Waals surface area contributed by atoms with Crippen LogP contribution in [0.4, 0.5) is 22.7 Å². The highest BCUT2D eigenvalue weighted by Crippen LogP contribution is 2.28. The Hall–Kier alpha value is -11.0. The van der Waals surface area contributed by atoms with Gasteiger partial charge in [-0.3, -0.25) is 59.4 Å². The van der Waals surface area contributed by atoms with Gasteiger partial charge >= 0.3 is 0 Å². The van der Waals surface area contributed by atoms with Gasteiger partial charge in [-0.1, -0.05) is 6.42 Å². The van der Waals surface area contributed by atoms with E-state index < -0.39 is 71.4 Å². The van der Waals surface area contributed by atoms with Crippen LogP contribution in [-0.4, -0.2) is 163 Å². The summed E-state index contributed by atoms with van der Waals surface area (Å²) in [5.41, 5.74) is 28.0. The lowest BCUT2D eigenvalue weighted by Gasteiger charge is -2.22. The van der Waals surface area contributed by atoms with Crippen molar-refractivity contribution in [3.05, 3.63) is 95.1 Å². The molecule has 0 aliphatic heterocycles. The first-order valence-corrected chi connectivity index (χ1v) is 31.1. The summed E-state index contributed by atoms with van der Waals surface area (Å²) in [5.74, 6) is -6.53. The second-order valence-corrected chi connectivity index (χ2v) is 21.8. The number of amides is 9. The molecule has 0 fully saturated rings. The van der Waals surface area contributed by atoms with Gasteiger partial charge in [0.2, 0.25) is 29.5 Å². The molecule has 0 saturated heterocycles. The number of anilines is 4. The van der Waals surface area contributed by atoms with Crippen molar-refractivity contribution in [3.8, 4) is 23.0 Å². The Balaban J connectivity index is 1.59. The molecular formula is C63H92N20O13. The molecule has 96 heavy (non-hydrogen) atoms. The topological polar surface area (TPSA) is 537 Å². The summed E-state index contributed by atoms with van der Waals surface area (Å²) in [6.07, 6.45) is 4.31. The Morgan fingerprint density at radius 3 is 1.00 bits per heavy atom. The van der Waals surface area contributed by atoms with Crippen molar-refractivity contribution >= 4 is 93.8 Å². The van der Waals surface area contributed by atoms with Gasteiger partial charge in [0.1, 0.15) is 47.2 Å². The average Bonchev–Trinajstić information content (AvgIpc) is 0.854. The second kappa shape index (κ2) is 40.9. The number of ether oxygens (including phenoxy) is 4. The van der Waals surface area contributed by atoms with E-state index in [-0.39, 0.29) is 156 Å². The minimum Gasteiger partial charge on any atom is -0.496 e. The van der Waals surface area contributed by atoms with Gasteiger partial charge in [-0.25, -0.2) is 0 Å². The SMILES string of the molecule is COc1ccc(NC(=O)[C@@H](CCCNC(=N)N)NC(=O)c2cc(NC(=O)[C@@H](CCCNC(=N)N)NC(=O)c3cc(NC(=O)[C@@H](CCCNC(=N)N)NC(=O)c4cc(NC(=O)[C@@H](C)NC(=O)CCCCN)ccc4OC)ccc3OC)ccc2OC)cc1C(=O)NCCCCCN. The van der Waals surface area contributed by atoms with Crippen LogP contribution >= 0.6 is 0 Å². The number of guanidine groups is 3. The maximum absolute atomic E-state index is 14.4. The zero-order valence-electron chi connectivity index (χ0n) is 54.7. The number of nitrogens with one attached hydrogen (secondary N) is 15. The fourth-order valence-corrected chi connectivity index (χ4v) is 9.45. The van der Waals surface area contributed by atoms with E-state index in [1.54, 1.807) is 0 Å². The summed E-state index contributed by atoms with van der Waals surface area (Å²) < 4.78 is 22.0. The van der Waals surface area contributed by atoms with Crippen LogP contribution in [0.2, 0.25) is 0 Å². The first-order valence-electron chi connectivity index (χ1n) is 31.1. The van der Waals surface area contributed by atoms with Gasteiger partial charge in [-0.15, -0.1) is 0 Å². The molecule has 25 N–H and O–H groups in total. The molecule has 4 aromatic rings. The van der Waals surface area contributed by atoms with Crippen molar-refractivity contribution in [1.29, 1.82) is 16.2 Å². The Kier molecular flexibility index (Phi) is 33.0. The first-order chi connectivity index (χ1) is 45.9. The van der Waals surface area contributed by atoms with Crippen molar-refractivity contribution in [2.75, 3.05) is 89.0 Å². The van der Waals surface area contributed by atoms with Crippen molar-refractivity contribution in [2.45, 2.75) is 108 Å². The third kappa shape index (κ3) is 26.2. The van der Waals surface area contributed by atoms with Crippen molar-refractivity contribution in [3.63, 3.8) is 0 Å². The van der Waals surface area contributed by atoms with Gasteiger partial charge < -0.3 is 111 Å². The molecule has 4 rings (SSSR count). The highest BCUT2D eigenvalue weighted by molar-refractivity contribution is 6.08. The quantitative estimate of drug-likeness (QED) is 0.0168. The fourth-order valence-electron chi connectivity index (χ4n) is 9.45. The van der Waals surface area contributed by atoms with E-state index in [1.807, 2.05) is 0 Å². The van der Waals surface area contributed by atoms with Gasteiger partial charge in [0.15, 0.2) is 17.9 Å². The van der Waals surface area contributed by atoms with E-state index in [0.717, 1.165) is 12.8 Å². The lowest BCUT2D eigenvalue weighted by molar-refractivity contribution is -0.126. The molecule has 0 spiro atoms. The van der Waals surface area contributed by atoms with E-state index >= 15 is 0 Å². The van der Waals surface area contributed by atoms with Crippen LogP contribution in [0.5, 0.6) is 23.0 Å². The number of methoxy groups -OCH3 is 4. The zero-order valence-corrected chi connectivity index (χ0v) is 54.7. The Morgan fingerprint density at radius 2 is 0.688 bits per heavy atom. The number of unbranched alkanes of at least 4 members (excludes halogenated alkanes) is 3. The molecule has 0 saturated carbocycles. The number of carbonyl (C=O) groups is 9. The Labute approximate surface area is 556 Å². The van der Waals surface area contributed by atoms with Crippen LogP contribution in [0, 0.1) is 16.2 Å². The molecule has 0 bridgehead atoms. The monoisotopic (exact) mass is 1340 g/mol. The van der Waals surface area contributed by atoms with Crippen molar-refractivity contribution < 1.29 is 62.1 Å². The third-order valence-electron chi connectivity index (χ3n) is 14.5. The smallest absolute Gasteiger partial charge is 0.255 e. The van der Waals surface area contributed by atoms with Gasteiger partial charge in [-0.2, -0.15) is 0 Å². The van der Waals surface area contributed by atoms with E-state index in [0.29, 0.717) is 38.9 Å². The third-order valence-corrected chi connectivity index (χ3v) is 14.5. The van der Waals surface area contributed by atoms with Crippen molar-refractivity contribution in [2.24, 2.45) is 28.7 Å². The van der Waals surface area contributed by atoms with E-state index in [2.05, 4.69) is 63.8 Å². The second-order valence-electron chi connectivity index (χ2n) is 21.8. The highest BCUT2D eigenvalue weighted by atomic mass is 16.5. The molecule has 0 aromatic heterocycles. The Morgan fingerprint density at radius 1 is 0.385 bits per heavy atom. The minimum atomic E-state index is -1.33. The van der Waals surface area contributed by atoms with Crippen LogP contribution in [0.15, 0.2) is 72.8 Å². The molecule has 0 aliphatic rings. The summed E-state index contributed by atoms with van der Waals surface area (Å²) in [5, 5.41) is 55.3. The molecule has 4 atom stereocenters. The number of hydrogen-bond acceptors (Lipinski definition) is 18. The number of rotatable bonds is 41. The largest absolute Gasteiger partial charge is 0.496 e. The molecular weight excluding hydrogens is 1240 g/mol. The predicted octanol–water partition coefficient (Wildman–Crippen LogP) is 1.15. The van der Waals surface area contributed by atoms with Crippen LogP contribution in [0.3, 0.4) is 0 Å². The number of nitrogens with two attached hydrogens (primary N) is 5. The van der Waals surface area contributed by atoms with Gasteiger partial charge in [-0.05, 0) is 157 Å². The molecule has 0 unspecified atom stereocenters. The highest BCUT2D eigenvalue weighted by Gasteiger charge is 2.29. The van der Waals surface area contributed by atoms with Crippen LogP contribution in [-0.2, 0) is 24.0 Å². The normalized spacial score (nSPS) is 11.9. The summed E-state index contributed by atoms with van der Waals surface area (Å²) in [6, 6.07) is 12.2. The maximum Gasteiger partial charge on any atom is 0.255 e. The summed E-state index contributed by atoms with van der Waals surface area (Å²) >= 11 is 0. The molecule has 522 valence electrons. The molecule has 0 radical (unpaired) electrons. The van der Waals surface area contributed by atoms with E-state index in [9.17, 15) is 43.2 Å². The summed E-state index contributed by atoms with van der Waals surface area (Å²) in [6.45, 7) is 3.26. The van der Waals surface area contributed by atoms with Crippen LogP contribution in [0.25, 0.3) is 0 Å². The molecule has 9 amide bonds. The minimum absolute atomic E-state index is 0.0103. The standard InChI is InChI=1S/C63H92N20O13/c1-36(76-52(84)17-7-9-27-65)53(85)77-37-18-23-49(94-3)42(33-37)55(87)81-46(15-12-30-74-62(68)69)59(91)79-39-20-25-51(96-5)44(35-39)57(89)83-47(16-13-31-75-63(70)71)60(92)80-40-21-24-50(95-4)43(34-40)56(88)82-45(14-11-29-73-61(66)67)58(90)78-38-19-22-48(93-2)41(32-38)54(86)72-28-10-6-8-26-64/h18-25,32-36,45-47H,6-17,26-31,64-65H2,1-5H3,(H,72,86)(H,76,84)(H,77,85)(H,78,90)(H,79,91)(H,80,92)(H,81,87)(H,82,88)(H,83,89)(H4,66,67,73)(H4,68,69,74)(H4,70,71,75)/t36-,45-,46-,47-/m1/s1. The lowest BCUT2D eigenvalue weighted by Crippen LogP contribution is -2.45. The summed E-state index contributed by atoms with van der Waals surface area (Å²) in [7, 11) is 5.34. The van der Waals surface area contributed by atoms with Crippen molar-refractivity contribution in [1.82, 2.24) is 42.5 Å². The fraction of sp³-hybridized carbons (Fsp3) is 0.429. The maximum atomic E-state index is 14.4. The predicted molar refractivity (Wildman–Crippen MR) is 363 cm³/mol. The average molecular weight is 1340 g/mol. The van der Waals surface area contributed by atoms with E-state index in [1.165, 1.54) is 108 Å². The van der Waals surface area contributed by atoms with Gasteiger partial charge in [0.25, 0.3) is 23.6 Å². The Bertz CT molecular complexity index is 3370. The molecule has 33 nitrogen and oxygen atoms in total. The lowest BCUT2D eigenvalue weighted by atomic mass is 10.1. The first kappa shape index (κ1) is 77.5. The van der Waals surface area contributed by atoms with Crippen LogP contribution < -0.4 is 111 Å². The molecule has 33 heteroatoms. The number of benzene rings is 4. The zero-order chi connectivity index (χ0) is 70.7. The molecule has 0 heterocycles. The number of carbonyl (C=O) groups excluding carboxylic acids is 9. The summed E-state index contributed by atoms with van der Waals surface area (Å²) in [4.78, 5) is 124. The van der Waals surface area contributed by atoms with Gasteiger partial charge in [0.05, 0.1) is 50.7 Å². The molecule has 0 aliphatic carbocycles. The van der Waals surface area contributed by atoms with Crippen LogP contribution in [0.1, 0.15) is 125 Å².